The van der Waals surface area contributed by atoms with E-state index in [4.69, 9.17) is 19.9 Å². The summed E-state index contributed by atoms with van der Waals surface area (Å²) in [6.07, 6.45) is 0. The predicted octanol–water partition coefficient (Wildman–Crippen LogP) is 3.26. The highest BCUT2D eigenvalue weighted by atomic mass is 19.1. The molecule has 0 radical (unpaired) electrons. The molecule has 0 aliphatic rings. The van der Waals surface area contributed by atoms with E-state index in [0.717, 1.165) is 0 Å². The third kappa shape index (κ3) is 4.27. The van der Waals surface area contributed by atoms with E-state index in [-0.39, 0.29) is 11.5 Å². The highest BCUT2D eigenvalue weighted by Gasteiger charge is 2.05. The van der Waals surface area contributed by atoms with E-state index in [1.165, 1.54) is 18.2 Å². The van der Waals surface area contributed by atoms with Gasteiger partial charge >= 0.3 is 0 Å². The molecule has 0 heterocycles. The van der Waals surface area contributed by atoms with Crippen LogP contribution >= 0.6 is 0 Å². The Kier molecular flexibility index (Phi) is 5.26. The summed E-state index contributed by atoms with van der Waals surface area (Å²) in [5.41, 5.74) is 5.92. The van der Waals surface area contributed by atoms with Crippen molar-refractivity contribution >= 4 is 5.69 Å². The quantitative estimate of drug-likeness (QED) is 0.628. The van der Waals surface area contributed by atoms with Gasteiger partial charge in [0.25, 0.3) is 0 Å². The fourth-order valence-electron chi connectivity index (χ4n) is 1.80. The highest BCUT2D eigenvalue weighted by Crippen LogP contribution is 2.26. The number of hydrogen-bond donors (Lipinski definition) is 1. The SMILES string of the molecule is CCOc1ccccc1OCCOc1ccc(F)cc1N. The molecule has 0 spiro atoms. The van der Waals surface area contributed by atoms with Crippen LogP contribution in [0.5, 0.6) is 17.2 Å². The van der Waals surface area contributed by atoms with E-state index in [1.807, 2.05) is 31.2 Å². The molecule has 0 aliphatic heterocycles. The van der Waals surface area contributed by atoms with Gasteiger partial charge in [0.2, 0.25) is 0 Å². The summed E-state index contributed by atoms with van der Waals surface area (Å²) in [6, 6.07) is 11.5. The largest absolute Gasteiger partial charge is 0.490 e. The van der Waals surface area contributed by atoms with Crippen LogP contribution in [0.25, 0.3) is 0 Å². The highest BCUT2D eigenvalue weighted by molar-refractivity contribution is 5.52. The molecule has 0 amide bonds. The number of para-hydroxylation sites is 2. The number of halogens is 1. The first-order valence-electron chi connectivity index (χ1n) is 6.73. The summed E-state index contributed by atoms with van der Waals surface area (Å²) in [6.45, 7) is 3.12. The zero-order valence-electron chi connectivity index (χ0n) is 11.8. The maximum absolute atomic E-state index is 12.9. The lowest BCUT2D eigenvalue weighted by Crippen LogP contribution is -2.10. The van der Waals surface area contributed by atoms with Crippen LogP contribution in [0.4, 0.5) is 10.1 Å². The Hall–Kier alpha value is -2.43. The van der Waals surface area contributed by atoms with E-state index < -0.39 is 0 Å². The molecule has 0 aliphatic carbocycles. The maximum atomic E-state index is 12.9. The van der Waals surface area contributed by atoms with E-state index >= 15 is 0 Å². The van der Waals surface area contributed by atoms with E-state index in [0.29, 0.717) is 37.1 Å². The number of nitrogens with two attached hydrogens (primary N) is 1. The number of nitrogen functional groups attached to an aromatic ring is 1. The lowest BCUT2D eigenvalue weighted by molar-refractivity contribution is 0.209. The van der Waals surface area contributed by atoms with Gasteiger partial charge in [0.05, 0.1) is 12.3 Å². The van der Waals surface area contributed by atoms with E-state index in [1.54, 1.807) is 0 Å². The van der Waals surface area contributed by atoms with Gasteiger partial charge in [-0.25, -0.2) is 4.39 Å². The van der Waals surface area contributed by atoms with Crippen LogP contribution in [0.2, 0.25) is 0 Å². The Morgan fingerprint density at radius 3 is 2.14 bits per heavy atom. The average molecular weight is 291 g/mol. The minimum absolute atomic E-state index is 0.268. The van der Waals surface area contributed by atoms with Gasteiger partial charge in [-0.3, -0.25) is 0 Å². The van der Waals surface area contributed by atoms with Gasteiger partial charge < -0.3 is 19.9 Å². The number of ether oxygens (including phenoxy) is 3. The summed E-state index contributed by atoms with van der Waals surface area (Å²) >= 11 is 0. The van der Waals surface area contributed by atoms with Crippen LogP contribution in [0.1, 0.15) is 6.92 Å². The fraction of sp³-hybridized carbons (Fsp3) is 0.250. The van der Waals surface area contributed by atoms with Crippen LogP contribution in [0, 0.1) is 5.82 Å². The van der Waals surface area contributed by atoms with Gasteiger partial charge in [-0.15, -0.1) is 0 Å². The van der Waals surface area contributed by atoms with Crippen molar-refractivity contribution in [3.05, 3.63) is 48.3 Å². The molecule has 0 fully saturated rings. The van der Waals surface area contributed by atoms with Crippen molar-refractivity contribution in [1.82, 2.24) is 0 Å². The minimum Gasteiger partial charge on any atom is -0.490 e. The molecule has 0 unspecified atom stereocenters. The van der Waals surface area contributed by atoms with Gasteiger partial charge in [-0.05, 0) is 31.2 Å². The molecule has 2 N–H and O–H groups in total. The fourth-order valence-corrected chi connectivity index (χ4v) is 1.80. The van der Waals surface area contributed by atoms with Crippen LogP contribution in [0.3, 0.4) is 0 Å². The Morgan fingerprint density at radius 1 is 0.905 bits per heavy atom. The Bertz CT molecular complexity index is 589. The minimum atomic E-state index is -0.387. The van der Waals surface area contributed by atoms with Crippen molar-refractivity contribution in [2.24, 2.45) is 0 Å². The van der Waals surface area contributed by atoms with Crippen molar-refractivity contribution in [2.75, 3.05) is 25.6 Å². The molecule has 112 valence electrons. The lowest BCUT2D eigenvalue weighted by atomic mass is 10.3. The molecule has 2 rings (SSSR count). The number of anilines is 1. The van der Waals surface area contributed by atoms with Gasteiger partial charge in [0.1, 0.15) is 24.8 Å². The van der Waals surface area contributed by atoms with Gasteiger partial charge in [0, 0.05) is 6.07 Å². The molecule has 4 nitrogen and oxygen atoms in total. The van der Waals surface area contributed by atoms with Crippen LogP contribution in [-0.4, -0.2) is 19.8 Å². The molecule has 0 aromatic heterocycles. The van der Waals surface area contributed by atoms with Crippen molar-refractivity contribution in [1.29, 1.82) is 0 Å². The van der Waals surface area contributed by atoms with Crippen LogP contribution in [0.15, 0.2) is 42.5 Å². The van der Waals surface area contributed by atoms with Crippen LogP contribution < -0.4 is 19.9 Å². The number of rotatable bonds is 7. The third-order valence-corrected chi connectivity index (χ3v) is 2.72. The normalized spacial score (nSPS) is 10.2. The average Bonchev–Trinajstić information content (AvgIpc) is 2.47. The van der Waals surface area contributed by atoms with Crippen molar-refractivity contribution < 1.29 is 18.6 Å². The lowest BCUT2D eigenvalue weighted by Gasteiger charge is -2.12. The predicted molar refractivity (Wildman–Crippen MR) is 79.4 cm³/mol. The van der Waals surface area contributed by atoms with Gasteiger partial charge in [0.15, 0.2) is 11.5 Å². The first-order valence-corrected chi connectivity index (χ1v) is 6.73. The molecule has 2 aromatic rings. The van der Waals surface area contributed by atoms with E-state index in [9.17, 15) is 4.39 Å². The van der Waals surface area contributed by atoms with E-state index in [2.05, 4.69) is 0 Å². The summed E-state index contributed by atoms with van der Waals surface area (Å²) < 4.78 is 29.4. The third-order valence-electron chi connectivity index (χ3n) is 2.72. The molecule has 0 saturated carbocycles. The summed E-state index contributed by atoms with van der Waals surface area (Å²) in [4.78, 5) is 0. The molecular formula is C16H18FNO3. The Morgan fingerprint density at radius 2 is 1.52 bits per heavy atom. The van der Waals surface area contributed by atoms with Crippen molar-refractivity contribution in [3.63, 3.8) is 0 Å². The zero-order chi connectivity index (χ0) is 15.1. The number of hydrogen-bond acceptors (Lipinski definition) is 4. The van der Waals surface area contributed by atoms with Gasteiger partial charge in [-0.1, -0.05) is 12.1 Å². The summed E-state index contributed by atoms with van der Waals surface area (Å²) in [5, 5.41) is 0. The molecule has 0 bridgehead atoms. The molecule has 2 aromatic carbocycles. The van der Waals surface area contributed by atoms with Crippen LogP contribution in [-0.2, 0) is 0 Å². The first kappa shape index (κ1) is 15.0. The Labute approximate surface area is 123 Å². The molecule has 0 saturated heterocycles. The summed E-state index contributed by atoms with van der Waals surface area (Å²) in [7, 11) is 0. The number of benzene rings is 2. The standard InChI is InChI=1S/C16H18FNO3/c1-2-19-15-5-3-4-6-16(15)21-10-9-20-14-8-7-12(17)11-13(14)18/h3-8,11H,2,9-10,18H2,1H3. The van der Waals surface area contributed by atoms with Gasteiger partial charge in [-0.2, -0.15) is 0 Å². The Balaban J connectivity index is 1.84. The second kappa shape index (κ2) is 7.38. The molecular weight excluding hydrogens is 273 g/mol. The summed E-state index contributed by atoms with van der Waals surface area (Å²) in [5.74, 6) is 1.41. The maximum Gasteiger partial charge on any atom is 0.161 e. The van der Waals surface area contributed by atoms with Crippen molar-refractivity contribution in [3.8, 4) is 17.2 Å². The topological polar surface area (TPSA) is 53.7 Å². The zero-order valence-corrected chi connectivity index (χ0v) is 11.8. The second-order valence-corrected chi connectivity index (χ2v) is 4.26. The smallest absolute Gasteiger partial charge is 0.161 e. The monoisotopic (exact) mass is 291 g/mol. The second-order valence-electron chi connectivity index (χ2n) is 4.26. The molecule has 21 heavy (non-hydrogen) atoms. The first-order chi connectivity index (χ1) is 10.2. The van der Waals surface area contributed by atoms with Crippen molar-refractivity contribution in [2.45, 2.75) is 6.92 Å². The molecule has 5 heteroatoms. The molecule has 0 atom stereocenters.